The fourth-order valence-corrected chi connectivity index (χ4v) is 1.82. The Hall–Kier alpha value is -0.0800. The number of unbranched alkanes of at least 4 members (excludes halogenated alkanes) is 2. The van der Waals surface area contributed by atoms with Gasteiger partial charge in [-0.1, -0.05) is 33.1 Å². The summed E-state index contributed by atoms with van der Waals surface area (Å²) in [6.45, 7) is 6.20. The quantitative estimate of drug-likeness (QED) is 0.587. The minimum absolute atomic E-state index is 0.100. The zero-order chi connectivity index (χ0) is 10.2. The third-order valence-electron chi connectivity index (χ3n) is 2.81. The maximum atomic E-state index is 5.63. The van der Waals surface area contributed by atoms with Gasteiger partial charge in [-0.2, -0.15) is 0 Å². The third-order valence-corrected chi connectivity index (χ3v) is 2.81. The summed E-state index contributed by atoms with van der Waals surface area (Å²) in [4.78, 5) is 0. The van der Waals surface area contributed by atoms with Gasteiger partial charge in [-0.15, -0.1) is 0 Å². The van der Waals surface area contributed by atoms with Crippen molar-refractivity contribution in [2.45, 2.75) is 58.7 Å². The fourth-order valence-electron chi connectivity index (χ4n) is 1.82. The van der Waals surface area contributed by atoms with Crippen LogP contribution >= 0.6 is 0 Å². The van der Waals surface area contributed by atoms with Gasteiger partial charge in [0.25, 0.3) is 0 Å². The molecule has 1 aliphatic rings. The van der Waals surface area contributed by atoms with Crippen molar-refractivity contribution in [3.8, 4) is 0 Å². The van der Waals surface area contributed by atoms with Gasteiger partial charge in [0.1, 0.15) is 0 Å². The molecule has 2 nitrogen and oxygen atoms in total. The Morgan fingerprint density at radius 3 is 2.71 bits per heavy atom. The first-order valence-electron chi connectivity index (χ1n) is 6.10. The van der Waals surface area contributed by atoms with E-state index >= 15 is 0 Å². The summed E-state index contributed by atoms with van der Waals surface area (Å²) in [5, 5.41) is 0. The van der Waals surface area contributed by atoms with Crippen LogP contribution in [0, 0.1) is 5.92 Å². The van der Waals surface area contributed by atoms with Crippen molar-refractivity contribution in [3.63, 3.8) is 0 Å². The van der Waals surface area contributed by atoms with Gasteiger partial charge in [-0.3, -0.25) is 0 Å². The summed E-state index contributed by atoms with van der Waals surface area (Å²) in [5.74, 6) is 0.751. The van der Waals surface area contributed by atoms with Crippen LogP contribution in [0.25, 0.3) is 0 Å². The fraction of sp³-hybridized carbons (Fsp3) is 1.00. The molecule has 0 saturated carbocycles. The predicted molar refractivity (Wildman–Crippen MR) is 58.2 cm³/mol. The molecule has 0 radical (unpaired) electrons. The highest BCUT2D eigenvalue weighted by Gasteiger charge is 2.24. The number of hydrogen-bond acceptors (Lipinski definition) is 2. The first-order valence-corrected chi connectivity index (χ1v) is 6.10. The molecule has 2 atom stereocenters. The Morgan fingerprint density at radius 1 is 1.21 bits per heavy atom. The predicted octanol–water partition coefficient (Wildman–Crippen LogP) is 3.36. The van der Waals surface area contributed by atoms with Gasteiger partial charge in [-0.25, -0.2) is 0 Å². The number of rotatable bonds is 7. The molecule has 1 aliphatic heterocycles. The lowest BCUT2D eigenvalue weighted by molar-refractivity contribution is -0.111. The van der Waals surface area contributed by atoms with E-state index in [0.29, 0.717) is 0 Å². The molecule has 1 unspecified atom stereocenters. The molecule has 14 heavy (non-hydrogen) atoms. The molecule has 0 spiro atoms. The van der Waals surface area contributed by atoms with Gasteiger partial charge in [-0.05, 0) is 18.8 Å². The van der Waals surface area contributed by atoms with E-state index in [1.807, 2.05) is 0 Å². The van der Waals surface area contributed by atoms with Gasteiger partial charge in [0.15, 0.2) is 6.29 Å². The number of hydrogen-bond donors (Lipinski definition) is 0. The largest absolute Gasteiger partial charge is 0.353 e. The van der Waals surface area contributed by atoms with Crippen molar-refractivity contribution in [1.82, 2.24) is 0 Å². The molecule has 0 aromatic rings. The monoisotopic (exact) mass is 200 g/mol. The van der Waals surface area contributed by atoms with E-state index in [2.05, 4.69) is 13.8 Å². The summed E-state index contributed by atoms with van der Waals surface area (Å²) in [6.07, 6.45) is 7.50. The summed E-state index contributed by atoms with van der Waals surface area (Å²) in [5.41, 5.74) is 0. The van der Waals surface area contributed by atoms with E-state index in [9.17, 15) is 0 Å². The standard InChI is InChI=1S/C12H24O2/c1-3-5-7-11-9-12(14-10-11)13-8-6-4-2/h11-12H,3-10H2,1-2H3/t11-,12?/m0/s1. The van der Waals surface area contributed by atoms with E-state index < -0.39 is 0 Å². The molecule has 0 bridgehead atoms. The van der Waals surface area contributed by atoms with Gasteiger partial charge in [0.2, 0.25) is 0 Å². The van der Waals surface area contributed by atoms with Gasteiger partial charge >= 0.3 is 0 Å². The van der Waals surface area contributed by atoms with Crippen LogP contribution in [0.15, 0.2) is 0 Å². The Morgan fingerprint density at radius 2 is 2.00 bits per heavy atom. The lowest BCUT2D eigenvalue weighted by Crippen LogP contribution is -2.11. The highest BCUT2D eigenvalue weighted by Crippen LogP contribution is 2.25. The van der Waals surface area contributed by atoms with Crippen LogP contribution in [0.2, 0.25) is 0 Å². The second-order valence-electron chi connectivity index (χ2n) is 4.23. The van der Waals surface area contributed by atoms with Crippen molar-refractivity contribution >= 4 is 0 Å². The molecule has 1 saturated heterocycles. The first-order chi connectivity index (χ1) is 6.86. The lowest BCUT2D eigenvalue weighted by atomic mass is 10.0. The Labute approximate surface area is 88.0 Å². The van der Waals surface area contributed by atoms with Crippen molar-refractivity contribution in [3.05, 3.63) is 0 Å². The molecular formula is C12H24O2. The van der Waals surface area contributed by atoms with E-state index in [-0.39, 0.29) is 6.29 Å². The minimum Gasteiger partial charge on any atom is -0.353 e. The molecule has 0 N–H and O–H groups in total. The molecule has 1 fully saturated rings. The van der Waals surface area contributed by atoms with E-state index in [4.69, 9.17) is 9.47 Å². The average Bonchev–Trinajstić information content (AvgIpc) is 2.63. The van der Waals surface area contributed by atoms with Crippen LogP contribution in [0.1, 0.15) is 52.4 Å². The van der Waals surface area contributed by atoms with Gasteiger partial charge < -0.3 is 9.47 Å². The van der Waals surface area contributed by atoms with E-state index in [1.54, 1.807) is 0 Å². The molecule has 0 aliphatic carbocycles. The lowest BCUT2D eigenvalue weighted by Gasteiger charge is -2.10. The molecule has 1 rings (SSSR count). The average molecular weight is 200 g/mol. The molecule has 1 heterocycles. The maximum Gasteiger partial charge on any atom is 0.157 e. The van der Waals surface area contributed by atoms with Crippen LogP contribution in [0.3, 0.4) is 0 Å². The van der Waals surface area contributed by atoms with Crippen molar-refractivity contribution < 1.29 is 9.47 Å². The first kappa shape index (κ1) is 12.0. The van der Waals surface area contributed by atoms with Crippen molar-refractivity contribution in [1.29, 1.82) is 0 Å². The minimum atomic E-state index is 0.100. The Kier molecular flexibility index (Phi) is 6.20. The SMILES string of the molecule is CCCCOC1C[C@H](CCCC)CO1. The molecule has 84 valence electrons. The molecular weight excluding hydrogens is 176 g/mol. The molecule has 0 aromatic carbocycles. The Balaban J connectivity index is 2.02. The summed E-state index contributed by atoms with van der Waals surface area (Å²) < 4.78 is 11.2. The van der Waals surface area contributed by atoms with E-state index in [1.165, 1.54) is 25.7 Å². The maximum absolute atomic E-state index is 5.63. The van der Waals surface area contributed by atoms with Crippen molar-refractivity contribution in [2.24, 2.45) is 5.92 Å². The summed E-state index contributed by atoms with van der Waals surface area (Å²) in [6, 6.07) is 0. The third kappa shape index (κ3) is 4.43. The van der Waals surface area contributed by atoms with Crippen LogP contribution in [0.4, 0.5) is 0 Å². The number of ether oxygens (including phenoxy) is 2. The smallest absolute Gasteiger partial charge is 0.157 e. The second-order valence-corrected chi connectivity index (χ2v) is 4.23. The van der Waals surface area contributed by atoms with Crippen LogP contribution in [-0.4, -0.2) is 19.5 Å². The highest BCUT2D eigenvalue weighted by molar-refractivity contribution is 4.67. The normalized spacial score (nSPS) is 27.0. The topological polar surface area (TPSA) is 18.5 Å². The van der Waals surface area contributed by atoms with Gasteiger partial charge in [0.05, 0.1) is 6.61 Å². The summed E-state index contributed by atoms with van der Waals surface area (Å²) >= 11 is 0. The molecule has 0 amide bonds. The molecule has 0 aromatic heterocycles. The van der Waals surface area contributed by atoms with Crippen LogP contribution in [-0.2, 0) is 9.47 Å². The van der Waals surface area contributed by atoms with E-state index in [0.717, 1.165) is 32.0 Å². The van der Waals surface area contributed by atoms with Gasteiger partial charge in [0, 0.05) is 13.0 Å². The van der Waals surface area contributed by atoms with Crippen molar-refractivity contribution in [2.75, 3.05) is 13.2 Å². The van der Waals surface area contributed by atoms with Crippen LogP contribution in [0.5, 0.6) is 0 Å². The summed E-state index contributed by atoms with van der Waals surface area (Å²) in [7, 11) is 0. The van der Waals surface area contributed by atoms with Crippen LogP contribution < -0.4 is 0 Å². The zero-order valence-corrected chi connectivity index (χ0v) is 9.63. The highest BCUT2D eigenvalue weighted by atomic mass is 16.7. The zero-order valence-electron chi connectivity index (χ0n) is 9.63. The molecule has 2 heteroatoms. The second kappa shape index (κ2) is 7.24. The Bertz CT molecular complexity index is 136.